The van der Waals surface area contributed by atoms with Crippen molar-refractivity contribution in [2.24, 2.45) is 17.6 Å². The quantitative estimate of drug-likeness (QED) is 0.496. The van der Waals surface area contributed by atoms with Gasteiger partial charge in [-0.15, -0.1) is 0 Å². The molecular formula is C18H25N7O2. The van der Waals surface area contributed by atoms with Gasteiger partial charge in [-0.2, -0.15) is 4.98 Å². The van der Waals surface area contributed by atoms with E-state index < -0.39 is 4.92 Å². The number of nitrogens with zero attached hydrogens (tertiary/aromatic N) is 4. The lowest BCUT2D eigenvalue weighted by Gasteiger charge is -2.27. The predicted octanol–water partition coefficient (Wildman–Crippen LogP) is 2.28. The largest absolute Gasteiger partial charge is 0.378 e. The van der Waals surface area contributed by atoms with Crippen LogP contribution in [0.15, 0.2) is 24.4 Å². The van der Waals surface area contributed by atoms with E-state index in [4.69, 9.17) is 11.5 Å². The Labute approximate surface area is 157 Å². The smallest absolute Gasteiger partial charge is 0.332 e. The fourth-order valence-corrected chi connectivity index (χ4v) is 3.56. The van der Waals surface area contributed by atoms with Crippen LogP contribution in [-0.2, 0) is 13.0 Å². The number of anilines is 2. The molecular weight excluding hydrogens is 346 g/mol. The summed E-state index contributed by atoms with van der Waals surface area (Å²) < 4.78 is 0. The second kappa shape index (κ2) is 8.72. The van der Waals surface area contributed by atoms with Gasteiger partial charge in [0.1, 0.15) is 5.69 Å². The Morgan fingerprint density at radius 3 is 2.56 bits per heavy atom. The number of nitro groups is 1. The highest BCUT2D eigenvalue weighted by atomic mass is 16.6. The van der Waals surface area contributed by atoms with Gasteiger partial charge in [-0.3, -0.25) is 15.1 Å². The summed E-state index contributed by atoms with van der Waals surface area (Å²) in [5.41, 5.74) is 12.7. The minimum atomic E-state index is -0.487. The number of hydrogen-bond acceptors (Lipinski definition) is 8. The van der Waals surface area contributed by atoms with Crippen molar-refractivity contribution < 1.29 is 4.92 Å². The highest BCUT2D eigenvalue weighted by Gasteiger charge is 2.27. The van der Waals surface area contributed by atoms with E-state index in [0.717, 1.165) is 31.4 Å². The van der Waals surface area contributed by atoms with Crippen molar-refractivity contribution in [1.82, 2.24) is 15.0 Å². The van der Waals surface area contributed by atoms with Gasteiger partial charge in [-0.25, -0.2) is 4.98 Å². The summed E-state index contributed by atoms with van der Waals surface area (Å²) in [5, 5.41) is 14.5. The summed E-state index contributed by atoms with van der Waals surface area (Å²) in [5.74, 6) is 1.09. The number of pyridine rings is 1. The van der Waals surface area contributed by atoms with Crippen LogP contribution in [0.3, 0.4) is 0 Å². The van der Waals surface area contributed by atoms with Crippen LogP contribution in [0, 0.1) is 22.0 Å². The Kier molecular flexibility index (Phi) is 6.12. The van der Waals surface area contributed by atoms with Crippen molar-refractivity contribution in [3.63, 3.8) is 0 Å². The van der Waals surface area contributed by atoms with E-state index in [1.54, 1.807) is 6.20 Å². The van der Waals surface area contributed by atoms with E-state index in [2.05, 4.69) is 20.3 Å². The van der Waals surface area contributed by atoms with Crippen LogP contribution in [0.25, 0.3) is 0 Å². The van der Waals surface area contributed by atoms with Crippen LogP contribution in [0.4, 0.5) is 17.5 Å². The Morgan fingerprint density at radius 2 is 1.93 bits per heavy atom. The minimum absolute atomic E-state index is 0.107. The molecule has 0 aliphatic heterocycles. The molecule has 5 N–H and O–H groups in total. The first-order valence-electron chi connectivity index (χ1n) is 9.21. The Hall–Kier alpha value is -2.81. The summed E-state index contributed by atoms with van der Waals surface area (Å²) in [6.07, 6.45) is 6.34. The Balaban J connectivity index is 1.76. The molecule has 1 saturated carbocycles. The number of aromatic nitrogens is 3. The summed E-state index contributed by atoms with van der Waals surface area (Å²) in [7, 11) is 0. The fraction of sp³-hybridized carbons (Fsp3) is 0.500. The van der Waals surface area contributed by atoms with Crippen LogP contribution >= 0.6 is 0 Å². The highest BCUT2D eigenvalue weighted by Crippen LogP contribution is 2.33. The summed E-state index contributed by atoms with van der Waals surface area (Å²) in [6, 6.07) is 5.60. The third-order valence-corrected chi connectivity index (χ3v) is 5.10. The molecule has 1 aliphatic rings. The number of rotatable bonds is 7. The molecule has 1 aliphatic carbocycles. The van der Waals surface area contributed by atoms with Crippen molar-refractivity contribution in [2.75, 3.05) is 17.6 Å². The minimum Gasteiger partial charge on any atom is -0.378 e. The van der Waals surface area contributed by atoms with E-state index in [1.807, 2.05) is 18.2 Å². The van der Waals surface area contributed by atoms with Gasteiger partial charge in [-0.05, 0) is 62.6 Å². The number of nitrogens with two attached hydrogens (primary N) is 2. The summed E-state index contributed by atoms with van der Waals surface area (Å²) >= 11 is 0. The second-order valence-electron chi connectivity index (χ2n) is 6.99. The summed E-state index contributed by atoms with van der Waals surface area (Å²) in [4.78, 5) is 23.7. The monoisotopic (exact) mass is 371 g/mol. The summed E-state index contributed by atoms with van der Waals surface area (Å²) in [6.45, 7) is 1.12. The third-order valence-electron chi connectivity index (χ3n) is 5.10. The van der Waals surface area contributed by atoms with Crippen LogP contribution < -0.4 is 16.8 Å². The molecule has 0 unspecified atom stereocenters. The second-order valence-corrected chi connectivity index (χ2v) is 6.99. The molecule has 144 valence electrons. The van der Waals surface area contributed by atoms with Gasteiger partial charge in [0.05, 0.1) is 17.2 Å². The van der Waals surface area contributed by atoms with Crippen LogP contribution in [0.1, 0.15) is 37.1 Å². The van der Waals surface area contributed by atoms with Crippen molar-refractivity contribution >= 4 is 17.5 Å². The first kappa shape index (κ1) is 19.0. The van der Waals surface area contributed by atoms with Crippen LogP contribution in [-0.4, -0.2) is 26.4 Å². The molecule has 2 heterocycles. The first-order valence-corrected chi connectivity index (χ1v) is 9.21. The standard InChI is InChI=1S/C18H25N7O2/c19-10-13-6-4-12(5-7-13)9-15-16(25(26)27)17(20)24-18(23-15)22-11-14-3-1-2-8-21-14/h1-3,8,12-13H,4-7,9-11,19H2,(H3,20,22,23,24). The number of nitrogen functional groups attached to an aromatic ring is 1. The predicted molar refractivity (Wildman–Crippen MR) is 103 cm³/mol. The fourth-order valence-electron chi connectivity index (χ4n) is 3.56. The van der Waals surface area contributed by atoms with E-state index in [-0.39, 0.29) is 17.5 Å². The van der Waals surface area contributed by atoms with E-state index in [9.17, 15) is 10.1 Å². The van der Waals surface area contributed by atoms with Crippen molar-refractivity contribution in [3.8, 4) is 0 Å². The number of nitrogens with one attached hydrogen (secondary N) is 1. The van der Waals surface area contributed by atoms with Crippen molar-refractivity contribution in [1.29, 1.82) is 0 Å². The van der Waals surface area contributed by atoms with Gasteiger partial charge in [-0.1, -0.05) is 6.07 Å². The maximum atomic E-state index is 11.5. The lowest BCUT2D eigenvalue weighted by molar-refractivity contribution is -0.385. The zero-order chi connectivity index (χ0) is 19.2. The van der Waals surface area contributed by atoms with Gasteiger partial charge >= 0.3 is 5.69 Å². The van der Waals surface area contributed by atoms with E-state index in [1.165, 1.54) is 0 Å². The maximum Gasteiger partial charge on any atom is 0.332 e. The third kappa shape index (κ3) is 4.88. The normalized spacial score (nSPS) is 19.6. The maximum absolute atomic E-state index is 11.5. The van der Waals surface area contributed by atoms with Gasteiger partial charge in [0.25, 0.3) is 0 Å². The van der Waals surface area contributed by atoms with Gasteiger partial charge in [0.2, 0.25) is 11.8 Å². The molecule has 9 nitrogen and oxygen atoms in total. The molecule has 2 aromatic rings. The molecule has 0 aromatic carbocycles. The molecule has 27 heavy (non-hydrogen) atoms. The van der Waals surface area contributed by atoms with Crippen LogP contribution in [0.2, 0.25) is 0 Å². The lowest BCUT2D eigenvalue weighted by atomic mass is 9.80. The zero-order valence-electron chi connectivity index (χ0n) is 15.2. The van der Waals surface area contributed by atoms with E-state index in [0.29, 0.717) is 37.0 Å². The Bertz CT molecular complexity index is 777. The molecule has 0 amide bonds. The first-order chi connectivity index (χ1) is 13.1. The van der Waals surface area contributed by atoms with E-state index >= 15 is 0 Å². The molecule has 9 heteroatoms. The zero-order valence-corrected chi connectivity index (χ0v) is 15.2. The van der Waals surface area contributed by atoms with Crippen LogP contribution in [0.5, 0.6) is 0 Å². The number of hydrogen-bond donors (Lipinski definition) is 3. The molecule has 0 atom stereocenters. The highest BCUT2D eigenvalue weighted by molar-refractivity contribution is 5.58. The SMILES string of the molecule is NCC1CCC(Cc2nc(NCc3ccccn3)nc(N)c2[N+](=O)[O-])CC1. The molecule has 0 saturated heterocycles. The molecule has 2 aromatic heterocycles. The average molecular weight is 371 g/mol. The molecule has 3 rings (SSSR count). The van der Waals surface area contributed by atoms with Gasteiger partial charge in [0.15, 0.2) is 0 Å². The topological polar surface area (TPSA) is 146 Å². The average Bonchev–Trinajstić information content (AvgIpc) is 2.67. The molecule has 0 bridgehead atoms. The van der Waals surface area contributed by atoms with Gasteiger partial charge < -0.3 is 16.8 Å². The van der Waals surface area contributed by atoms with Gasteiger partial charge in [0, 0.05) is 6.20 Å². The van der Waals surface area contributed by atoms with Crippen molar-refractivity contribution in [2.45, 2.75) is 38.6 Å². The molecule has 0 radical (unpaired) electrons. The van der Waals surface area contributed by atoms with Crippen molar-refractivity contribution in [3.05, 3.63) is 45.9 Å². The lowest BCUT2D eigenvalue weighted by Crippen LogP contribution is -2.23. The molecule has 1 fully saturated rings. The Morgan fingerprint density at radius 1 is 1.19 bits per heavy atom. The molecule has 0 spiro atoms.